The molecule has 0 unspecified atom stereocenters. The van der Waals surface area contributed by atoms with Gasteiger partial charge in [0.1, 0.15) is 17.1 Å². The van der Waals surface area contributed by atoms with Crippen molar-refractivity contribution in [2.24, 2.45) is 0 Å². The number of anilines is 1. The van der Waals surface area contributed by atoms with Crippen LogP contribution in [-0.2, 0) is 9.53 Å². The monoisotopic (exact) mass is 315 g/mol. The van der Waals surface area contributed by atoms with Gasteiger partial charge in [-0.1, -0.05) is 18.2 Å². The fourth-order valence-electron chi connectivity index (χ4n) is 1.96. The number of phenolic OH excluding ortho intramolecular Hbond substituents is 1. The number of esters is 1. The fourth-order valence-corrected chi connectivity index (χ4v) is 1.96. The summed E-state index contributed by atoms with van der Waals surface area (Å²) in [5.74, 6) is -0.957. The van der Waals surface area contributed by atoms with E-state index in [-0.39, 0.29) is 11.3 Å². The maximum absolute atomic E-state index is 11.9. The zero-order chi connectivity index (χ0) is 16.8. The molecule has 0 aliphatic rings. The summed E-state index contributed by atoms with van der Waals surface area (Å²) in [5, 5.41) is 12.2. The van der Waals surface area contributed by atoms with Crippen LogP contribution in [0.3, 0.4) is 0 Å². The van der Waals surface area contributed by atoms with E-state index < -0.39 is 18.5 Å². The van der Waals surface area contributed by atoms with Crippen molar-refractivity contribution in [3.8, 4) is 11.5 Å². The van der Waals surface area contributed by atoms with Gasteiger partial charge in [0.05, 0.1) is 12.8 Å². The maximum atomic E-state index is 11.9. The number of carbonyl (C=O) groups is 2. The lowest BCUT2D eigenvalue weighted by Gasteiger charge is -2.11. The standard InChI is InChI=1S/C17H17NO5/c1-11-7-8-15(22-2)13(9-11)18-16(20)10-23-17(21)12-5-3-4-6-14(12)19/h3-9,19H,10H2,1-2H3,(H,18,20). The van der Waals surface area contributed by atoms with Gasteiger partial charge < -0.3 is 19.9 Å². The molecule has 0 fully saturated rings. The fraction of sp³-hybridized carbons (Fsp3) is 0.176. The highest BCUT2D eigenvalue weighted by atomic mass is 16.5. The summed E-state index contributed by atoms with van der Waals surface area (Å²) in [4.78, 5) is 23.7. The van der Waals surface area contributed by atoms with Crippen molar-refractivity contribution in [1.82, 2.24) is 0 Å². The van der Waals surface area contributed by atoms with Gasteiger partial charge in [0.25, 0.3) is 5.91 Å². The van der Waals surface area contributed by atoms with Crippen LogP contribution in [0, 0.1) is 6.92 Å². The number of phenols is 1. The number of aromatic hydroxyl groups is 1. The lowest BCUT2D eigenvalue weighted by Crippen LogP contribution is -2.21. The van der Waals surface area contributed by atoms with E-state index in [9.17, 15) is 14.7 Å². The third-order valence-electron chi connectivity index (χ3n) is 3.09. The Kier molecular flexibility index (Phi) is 5.19. The first-order chi connectivity index (χ1) is 11.0. The second kappa shape index (κ2) is 7.31. The zero-order valence-electron chi connectivity index (χ0n) is 12.8. The van der Waals surface area contributed by atoms with Crippen molar-refractivity contribution in [3.05, 3.63) is 53.6 Å². The van der Waals surface area contributed by atoms with Gasteiger partial charge in [0.15, 0.2) is 6.61 Å². The molecule has 120 valence electrons. The highest BCUT2D eigenvalue weighted by molar-refractivity contribution is 5.97. The van der Waals surface area contributed by atoms with E-state index in [0.717, 1.165) is 5.56 Å². The first-order valence-corrected chi connectivity index (χ1v) is 6.91. The molecular formula is C17H17NO5. The predicted octanol–water partition coefficient (Wildman–Crippen LogP) is 2.50. The summed E-state index contributed by atoms with van der Waals surface area (Å²) in [6, 6.07) is 11.3. The summed E-state index contributed by atoms with van der Waals surface area (Å²) in [6.07, 6.45) is 0. The molecule has 0 spiro atoms. The molecule has 0 saturated carbocycles. The van der Waals surface area contributed by atoms with Gasteiger partial charge in [-0.05, 0) is 36.8 Å². The van der Waals surface area contributed by atoms with Crippen molar-refractivity contribution in [1.29, 1.82) is 0 Å². The highest BCUT2D eigenvalue weighted by Gasteiger charge is 2.14. The average Bonchev–Trinajstić information content (AvgIpc) is 2.53. The summed E-state index contributed by atoms with van der Waals surface area (Å²) < 4.78 is 10.1. The van der Waals surface area contributed by atoms with Gasteiger partial charge in [-0.25, -0.2) is 4.79 Å². The number of hydrogen-bond acceptors (Lipinski definition) is 5. The quantitative estimate of drug-likeness (QED) is 0.828. The van der Waals surface area contributed by atoms with E-state index >= 15 is 0 Å². The van der Waals surface area contributed by atoms with Crippen LogP contribution in [0.5, 0.6) is 11.5 Å². The zero-order valence-corrected chi connectivity index (χ0v) is 12.8. The summed E-state index contributed by atoms with van der Waals surface area (Å²) in [5.41, 5.74) is 1.46. The molecule has 0 radical (unpaired) electrons. The Morgan fingerprint density at radius 2 is 1.91 bits per heavy atom. The van der Waals surface area contributed by atoms with Gasteiger partial charge in [0, 0.05) is 0 Å². The Morgan fingerprint density at radius 3 is 2.61 bits per heavy atom. The third kappa shape index (κ3) is 4.23. The van der Waals surface area contributed by atoms with Crippen molar-refractivity contribution >= 4 is 17.6 Å². The van der Waals surface area contributed by atoms with E-state index in [2.05, 4.69) is 5.32 Å². The lowest BCUT2D eigenvalue weighted by molar-refractivity contribution is -0.119. The maximum Gasteiger partial charge on any atom is 0.342 e. The van der Waals surface area contributed by atoms with Crippen LogP contribution in [0.25, 0.3) is 0 Å². The topological polar surface area (TPSA) is 84.9 Å². The molecule has 0 bridgehead atoms. The number of ether oxygens (including phenoxy) is 2. The smallest absolute Gasteiger partial charge is 0.342 e. The Morgan fingerprint density at radius 1 is 1.17 bits per heavy atom. The Balaban J connectivity index is 1.97. The number of benzene rings is 2. The Hall–Kier alpha value is -3.02. The van der Waals surface area contributed by atoms with Crippen molar-refractivity contribution < 1.29 is 24.2 Å². The number of rotatable bonds is 5. The van der Waals surface area contributed by atoms with E-state index in [1.165, 1.54) is 19.2 Å². The van der Waals surface area contributed by atoms with Crippen LogP contribution in [-0.4, -0.2) is 30.7 Å². The molecule has 0 aromatic heterocycles. The largest absolute Gasteiger partial charge is 0.507 e. The first kappa shape index (κ1) is 16.4. The molecular weight excluding hydrogens is 298 g/mol. The van der Waals surface area contributed by atoms with Crippen molar-refractivity contribution in [2.45, 2.75) is 6.92 Å². The van der Waals surface area contributed by atoms with Crippen molar-refractivity contribution in [3.63, 3.8) is 0 Å². The molecule has 0 heterocycles. The third-order valence-corrected chi connectivity index (χ3v) is 3.09. The Labute approximate surface area is 133 Å². The average molecular weight is 315 g/mol. The molecule has 0 saturated heterocycles. The molecule has 2 aromatic rings. The molecule has 2 N–H and O–H groups in total. The van der Waals surface area contributed by atoms with Crippen LogP contribution >= 0.6 is 0 Å². The van der Waals surface area contributed by atoms with E-state index in [1.54, 1.807) is 24.3 Å². The Bertz CT molecular complexity index is 727. The molecule has 6 nitrogen and oxygen atoms in total. The van der Waals surface area contributed by atoms with Gasteiger partial charge >= 0.3 is 5.97 Å². The molecule has 0 aliphatic heterocycles. The highest BCUT2D eigenvalue weighted by Crippen LogP contribution is 2.25. The number of para-hydroxylation sites is 1. The van der Waals surface area contributed by atoms with Crippen LogP contribution < -0.4 is 10.1 Å². The number of amides is 1. The van der Waals surface area contributed by atoms with Gasteiger partial charge in [0.2, 0.25) is 0 Å². The van der Waals surface area contributed by atoms with Gasteiger partial charge in [-0.2, -0.15) is 0 Å². The number of hydrogen-bond donors (Lipinski definition) is 2. The second-order valence-corrected chi connectivity index (χ2v) is 4.85. The lowest BCUT2D eigenvalue weighted by atomic mass is 10.2. The SMILES string of the molecule is COc1ccc(C)cc1NC(=O)COC(=O)c1ccccc1O. The summed E-state index contributed by atoms with van der Waals surface area (Å²) in [7, 11) is 1.50. The minimum Gasteiger partial charge on any atom is -0.507 e. The molecule has 23 heavy (non-hydrogen) atoms. The molecule has 1 amide bonds. The van der Waals surface area contributed by atoms with E-state index in [1.807, 2.05) is 13.0 Å². The summed E-state index contributed by atoms with van der Waals surface area (Å²) in [6.45, 7) is 1.41. The number of carbonyl (C=O) groups excluding carboxylic acids is 2. The minimum atomic E-state index is -0.769. The van der Waals surface area contributed by atoms with E-state index in [4.69, 9.17) is 9.47 Å². The normalized spacial score (nSPS) is 10.0. The van der Waals surface area contributed by atoms with Gasteiger partial charge in [-0.15, -0.1) is 0 Å². The number of aryl methyl sites for hydroxylation is 1. The molecule has 2 rings (SSSR count). The minimum absolute atomic E-state index is 0.00781. The van der Waals surface area contributed by atoms with Gasteiger partial charge in [-0.3, -0.25) is 4.79 Å². The van der Waals surface area contributed by atoms with Crippen LogP contribution in [0.2, 0.25) is 0 Å². The first-order valence-electron chi connectivity index (χ1n) is 6.91. The number of nitrogens with one attached hydrogen (secondary N) is 1. The molecule has 0 atom stereocenters. The molecule has 6 heteroatoms. The van der Waals surface area contributed by atoms with Crippen LogP contribution in [0.4, 0.5) is 5.69 Å². The van der Waals surface area contributed by atoms with Crippen LogP contribution in [0.15, 0.2) is 42.5 Å². The second-order valence-electron chi connectivity index (χ2n) is 4.85. The number of methoxy groups -OCH3 is 1. The molecule has 0 aliphatic carbocycles. The summed E-state index contributed by atoms with van der Waals surface area (Å²) >= 11 is 0. The van der Waals surface area contributed by atoms with Crippen molar-refractivity contribution in [2.75, 3.05) is 19.0 Å². The van der Waals surface area contributed by atoms with Crippen LogP contribution in [0.1, 0.15) is 15.9 Å². The van der Waals surface area contributed by atoms with E-state index in [0.29, 0.717) is 11.4 Å². The molecule has 2 aromatic carbocycles. The predicted molar refractivity (Wildman–Crippen MR) is 84.8 cm³/mol.